The molecule has 0 aromatic heterocycles. The Morgan fingerprint density at radius 2 is 1.69 bits per heavy atom. The fourth-order valence-electron chi connectivity index (χ4n) is 2.87. The van der Waals surface area contributed by atoms with Gasteiger partial charge in [-0.1, -0.05) is 18.2 Å². The smallest absolute Gasteiger partial charge is 0.321 e. The number of hydrogen-bond acceptors (Lipinski definition) is 2. The molecule has 7 heteroatoms. The third-order valence-electron chi connectivity index (χ3n) is 4.33. The Balaban J connectivity index is 1.50. The Morgan fingerprint density at radius 3 is 2.35 bits per heavy atom. The Bertz CT molecular complexity index is 791. The van der Waals surface area contributed by atoms with E-state index < -0.39 is 17.7 Å². The van der Waals surface area contributed by atoms with Gasteiger partial charge >= 0.3 is 6.03 Å². The largest absolute Gasteiger partial charge is 0.349 e. The highest BCUT2D eigenvalue weighted by molar-refractivity contribution is 5.94. The number of carbonyl (C=O) groups excluding carboxylic acids is 2. The number of halogens is 2. The number of likely N-dealkylation sites (tertiary alicyclic amines) is 1. The van der Waals surface area contributed by atoms with Crippen LogP contribution in [0.15, 0.2) is 48.5 Å². The van der Waals surface area contributed by atoms with Crippen molar-refractivity contribution in [1.82, 2.24) is 10.2 Å². The molecule has 3 rings (SSSR count). The van der Waals surface area contributed by atoms with Crippen molar-refractivity contribution in [1.29, 1.82) is 0 Å². The number of benzene rings is 2. The van der Waals surface area contributed by atoms with E-state index in [1.54, 1.807) is 29.2 Å². The summed E-state index contributed by atoms with van der Waals surface area (Å²) in [5.41, 5.74) is 0.537. The van der Waals surface area contributed by atoms with Crippen LogP contribution in [0.1, 0.15) is 23.2 Å². The topological polar surface area (TPSA) is 61.4 Å². The van der Waals surface area contributed by atoms with Gasteiger partial charge in [-0.25, -0.2) is 13.6 Å². The van der Waals surface area contributed by atoms with Gasteiger partial charge in [0.2, 0.25) is 0 Å². The fraction of sp³-hybridized carbons (Fsp3) is 0.263. The molecule has 1 saturated heterocycles. The van der Waals surface area contributed by atoms with Crippen LogP contribution >= 0.6 is 0 Å². The van der Waals surface area contributed by atoms with Crippen molar-refractivity contribution in [3.05, 3.63) is 65.7 Å². The first-order chi connectivity index (χ1) is 12.5. The van der Waals surface area contributed by atoms with Gasteiger partial charge in [-0.3, -0.25) is 4.79 Å². The molecule has 0 aliphatic carbocycles. The summed E-state index contributed by atoms with van der Waals surface area (Å²) in [6, 6.07) is 11.5. The highest BCUT2D eigenvalue weighted by atomic mass is 19.1. The molecule has 5 nitrogen and oxygen atoms in total. The van der Waals surface area contributed by atoms with Crippen LogP contribution in [-0.2, 0) is 0 Å². The number of urea groups is 1. The lowest BCUT2D eigenvalue weighted by Crippen LogP contribution is -2.47. The summed E-state index contributed by atoms with van der Waals surface area (Å²) in [6.07, 6.45) is 1.22. The number of nitrogens with zero attached hydrogens (tertiary/aromatic N) is 1. The highest BCUT2D eigenvalue weighted by Gasteiger charge is 2.24. The van der Waals surface area contributed by atoms with Crippen LogP contribution in [0.25, 0.3) is 0 Å². The maximum atomic E-state index is 13.6. The zero-order valence-electron chi connectivity index (χ0n) is 14.0. The van der Waals surface area contributed by atoms with Crippen molar-refractivity contribution in [2.45, 2.75) is 18.9 Å². The number of hydrogen-bond donors (Lipinski definition) is 2. The summed E-state index contributed by atoms with van der Waals surface area (Å²) < 4.78 is 26.5. The molecule has 2 N–H and O–H groups in total. The predicted molar refractivity (Wildman–Crippen MR) is 93.9 cm³/mol. The second kappa shape index (κ2) is 7.95. The second-order valence-electron chi connectivity index (χ2n) is 6.16. The molecule has 1 aliphatic rings. The molecule has 2 aromatic rings. The number of piperidine rings is 1. The van der Waals surface area contributed by atoms with Crippen molar-refractivity contribution >= 4 is 17.6 Å². The fourth-order valence-corrected chi connectivity index (χ4v) is 2.87. The number of anilines is 1. The van der Waals surface area contributed by atoms with Crippen LogP contribution in [0.3, 0.4) is 0 Å². The van der Waals surface area contributed by atoms with Gasteiger partial charge in [-0.05, 0) is 37.1 Å². The third-order valence-corrected chi connectivity index (χ3v) is 4.33. The lowest BCUT2D eigenvalue weighted by atomic mass is 10.0. The van der Waals surface area contributed by atoms with E-state index in [1.165, 1.54) is 6.07 Å². The van der Waals surface area contributed by atoms with Gasteiger partial charge < -0.3 is 15.5 Å². The van der Waals surface area contributed by atoms with Crippen molar-refractivity contribution in [2.24, 2.45) is 0 Å². The lowest BCUT2D eigenvalue weighted by Gasteiger charge is -2.32. The average molecular weight is 359 g/mol. The molecule has 1 fully saturated rings. The van der Waals surface area contributed by atoms with Crippen LogP contribution in [0.5, 0.6) is 0 Å². The molecule has 2 aromatic carbocycles. The van der Waals surface area contributed by atoms with Gasteiger partial charge in [0.05, 0.1) is 5.69 Å². The summed E-state index contributed by atoms with van der Waals surface area (Å²) in [4.78, 5) is 25.9. The van der Waals surface area contributed by atoms with Crippen LogP contribution in [0, 0.1) is 11.6 Å². The van der Waals surface area contributed by atoms with E-state index in [4.69, 9.17) is 0 Å². The molecule has 0 radical (unpaired) electrons. The Labute approximate surface area is 150 Å². The molecule has 3 amide bonds. The van der Waals surface area contributed by atoms with E-state index >= 15 is 0 Å². The minimum absolute atomic E-state index is 0.0192. The van der Waals surface area contributed by atoms with E-state index in [0.717, 1.165) is 12.1 Å². The maximum absolute atomic E-state index is 13.6. The first kappa shape index (κ1) is 17.8. The molecule has 0 spiro atoms. The number of nitrogens with one attached hydrogen (secondary N) is 2. The predicted octanol–water partition coefficient (Wildman–Crippen LogP) is 3.39. The van der Waals surface area contributed by atoms with Crippen molar-refractivity contribution in [3.63, 3.8) is 0 Å². The molecular weight excluding hydrogens is 340 g/mol. The molecule has 136 valence electrons. The van der Waals surface area contributed by atoms with Gasteiger partial charge in [0.1, 0.15) is 11.6 Å². The molecule has 0 bridgehead atoms. The van der Waals surface area contributed by atoms with Gasteiger partial charge in [-0.15, -0.1) is 0 Å². The van der Waals surface area contributed by atoms with Gasteiger partial charge in [0.25, 0.3) is 5.91 Å². The summed E-state index contributed by atoms with van der Waals surface area (Å²) in [5.74, 6) is -1.65. The zero-order valence-corrected chi connectivity index (χ0v) is 14.0. The van der Waals surface area contributed by atoms with Crippen molar-refractivity contribution < 1.29 is 18.4 Å². The highest BCUT2D eigenvalue weighted by Crippen LogP contribution is 2.17. The van der Waals surface area contributed by atoms with Gasteiger partial charge in [0, 0.05) is 30.8 Å². The Hall–Kier alpha value is -2.96. The minimum Gasteiger partial charge on any atom is -0.349 e. The normalized spacial score (nSPS) is 14.8. The van der Waals surface area contributed by atoms with Crippen LogP contribution in [0.4, 0.5) is 19.3 Å². The first-order valence-electron chi connectivity index (χ1n) is 8.40. The van der Waals surface area contributed by atoms with E-state index in [2.05, 4.69) is 10.6 Å². The Kier molecular flexibility index (Phi) is 5.46. The second-order valence-corrected chi connectivity index (χ2v) is 6.16. The first-order valence-corrected chi connectivity index (χ1v) is 8.40. The molecule has 0 unspecified atom stereocenters. The van der Waals surface area contributed by atoms with Gasteiger partial charge in [-0.2, -0.15) is 0 Å². The van der Waals surface area contributed by atoms with E-state index in [9.17, 15) is 18.4 Å². The van der Waals surface area contributed by atoms with Crippen LogP contribution in [-0.4, -0.2) is 36.0 Å². The van der Waals surface area contributed by atoms with E-state index in [0.29, 0.717) is 31.5 Å². The van der Waals surface area contributed by atoms with E-state index in [1.807, 2.05) is 6.07 Å². The molecule has 26 heavy (non-hydrogen) atoms. The van der Waals surface area contributed by atoms with Crippen molar-refractivity contribution in [2.75, 3.05) is 18.4 Å². The quantitative estimate of drug-likeness (QED) is 0.882. The number of amides is 3. The number of rotatable bonds is 3. The molecule has 0 atom stereocenters. The molecule has 1 heterocycles. The molecular formula is C19H19F2N3O2. The molecule has 1 aliphatic heterocycles. The summed E-state index contributed by atoms with van der Waals surface area (Å²) in [5, 5.41) is 5.41. The lowest BCUT2D eigenvalue weighted by molar-refractivity contribution is 0.0919. The van der Waals surface area contributed by atoms with Crippen molar-refractivity contribution in [3.8, 4) is 0 Å². The third kappa shape index (κ3) is 4.36. The van der Waals surface area contributed by atoms with Gasteiger partial charge in [0.15, 0.2) is 0 Å². The number of carbonyl (C=O) groups is 2. The van der Waals surface area contributed by atoms with E-state index in [-0.39, 0.29) is 17.6 Å². The SMILES string of the molecule is O=C(NC1CCN(C(=O)Nc2ccc(F)cc2F)CC1)c1ccccc1. The minimum atomic E-state index is -0.816. The molecule has 0 saturated carbocycles. The summed E-state index contributed by atoms with van der Waals surface area (Å²) in [6.45, 7) is 0.878. The zero-order chi connectivity index (χ0) is 18.5. The maximum Gasteiger partial charge on any atom is 0.321 e. The van der Waals surface area contributed by atoms with Crippen LogP contribution in [0.2, 0.25) is 0 Å². The Morgan fingerprint density at radius 1 is 1.00 bits per heavy atom. The standard InChI is InChI=1S/C19H19F2N3O2/c20-14-6-7-17(16(21)12-14)23-19(26)24-10-8-15(9-11-24)22-18(25)13-4-2-1-3-5-13/h1-7,12,15H,8-11H2,(H,22,25)(H,23,26). The van der Waals surface area contributed by atoms with Crippen LogP contribution < -0.4 is 10.6 Å². The summed E-state index contributed by atoms with van der Waals surface area (Å²) >= 11 is 0. The summed E-state index contributed by atoms with van der Waals surface area (Å²) in [7, 11) is 0. The average Bonchev–Trinajstić information content (AvgIpc) is 2.65. The monoisotopic (exact) mass is 359 g/mol.